The van der Waals surface area contributed by atoms with Crippen LogP contribution in [-0.2, 0) is 10.8 Å². The maximum atomic E-state index is 6.32. The van der Waals surface area contributed by atoms with Crippen LogP contribution in [0, 0.1) is 10.7 Å². The molecule has 0 bridgehead atoms. The van der Waals surface area contributed by atoms with Gasteiger partial charge in [-0.25, -0.2) is 0 Å². The molecule has 0 unspecified atom stereocenters. The number of hydrogen-bond acceptors (Lipinski definition) is 1. The van der Waals surface area contributed by atoms with Gasteiger partial charge in [-0.1, -0.05) is 0 Å². The molecule has 1 aliphatic carbocycles. The Morgan fingerprint density at radius 1 is 0.931 bits per heavy atom. The van der Waals surface area contributed by atoms with Crippen molar-refractivity contribution in [2.45, 2.75) is 77.6 Å². The van der Waals surface area contributed by atoms with E-state index in [1.807, 2.05) is 18.2 Å². The zero-order valence-corrected chi connectivity index (χ0v) is 20.3. The van der Waals surface area contributed by atoms with Gasteiger partial charge in [0, 0.05) is 0 Å². The topological polar surface area (TPSA) is 9.23 Å². The van der Waals surface area contributed by atoms with Crippen LogP contribution in [-0.4, -0.2) is 21.6 Å². The van der Waals surface area contributed by atoms with Gasteiger partial charge in [0.2, 0.25) is 0 Å². The van der Waals surface area contributed by atoms with Gasteiger partial charge in [-0.2, -0.15) is 0 Å². The van der Waals surface area contributed by atoms with Gasteiger partial charge in [0.15, 0.2) is 0 Å². The zero-order chi connectivity index (χ0) is 20.9. The molecule has 2 aromatic carbocycles. The average molecular weight is 454 g/mol. The first-order valence-electron chi connectivity index (χ1n) is 10.9. The van der Waals surface area contributed by atoms with E-state index in [2.05, 4.69) is 69.6 Å². The molecule has 1 aliphatic rings. The van der Waals surface area contributed by atoms with Crippen LogP contribution >= 0.6 is 0 Å². The Morgan fingerprint density at radius 3 is 2.24 bits per heavy atom. The molecular weight excluding hydrogens is 419 g/mol. The Hall–Kier alpha value is -1.68. The summed E-state index contributed by atoms with van der Waals surface area (Å²) < 4.78 is 7.61. The predicted octanol–water partition coefficient (Wildman–Crippen LogP) is 5.94. The summed E-state index contributed by atoms with van der Waals surface area (Å²) in [6, 6.07) is 15.0. The van der Waals surface area contributed by atoms with Crippen molar-refractivity contribution in [1.82, 2.24) is 0 Å². The molecule has 0 amide bonds. The molecule has 1 nitrogen and oxygen atoms in total. The summed E-state index contributed by atoms with van der Waals surface area (Å²) >= 11 is 0.0721. The SMILES string of the molecule is CCCCCOc1cc2c(cc1[Se]C#Cc1ccccc1)C(C)(C)CCC2(C)C. The van der Waals surface area contributed by atoms with Crippen LogP contribution in [0.25, 0.3) is 0 Å². The van der Waals surface area contributed by atoms with Gasteiger partial charge < -0.3 is 0 Å². The van der Waals surface area contributed by atoms with Gasteiger partial charge in [-0.3, -0.25) is 0 Å². The number of fused-ring (bicyclic) bond motifs is 1. The van der Waals surface area contributed by atoms with Crippen molar-refractivity contribution >= 4 is 19.4 Å². The van der Waals surface area contributed by atoms with Crippen LogP contribution in [0.4, 0.5) is 0 Å². The molecule has 0 aromatic heterocycles. The van der Waals surface area contributed by atoms with E-state index < -0.39 is 0 Å². The molecule has 29 heavy (non-hydrogen) atoms. The van der Waals surface area contributed by atoms with E-state index >= 15 is 0 Å². The Morgan fingerprint density at radius 2 is 1.59 bits per heavy atom. The van der Waals surface area contributed by atoms with Crippen molar-refractivity contribution in [1.29, 1.82) is 0 Å². The van der Waals surface area contributed by atoms with Crippen molar-refractivity contribution in [2.75, 3.05) is 6.61 Å². The summed E-state index contributed by atoms with van der Waals surface area (Å²) in [6.07, 6.45) is 6.00. The van der Waals surface area contributed by atoms with E-state index in [4.69, 9.17) is 4.74 Å². The quantitative estimate of drug-likeness (QED) is 0.299. The third kappa shape index (κ3) is 5.48. The van der Waals surface area contributed by atoms with E-state index in [0.717, 1.165) is 24.3 Å². The van der Waals surface area contributed by atoms with E-state index in [1.165, 1.54) is 41.3 Å². The molecule has 2 heteroatoms. The fourth-order valence-corrected chi connectivity index (χ4v) is 5.38. The first kappa shape index (κ1) is 22.0. The molecule has 0 aliphatic heterocycles. The predicted molar refractivity (Wildman–Crippen MR) is 125 cm³/mol. The van der Waals surface area contributed by atoms with Crippen LogP contribution < -0.4 is 9.20 Å². The molecule has 0 spiro atoms. The molecule has 0 fully saturated rings. The molecule has 0 heterocycles. The van der Waals surface area contributed by atoms with Gasteiger partial charge in [0.1, 0.15) is 0 Å². The second kappa shape index (κ2) is 9.42. The van der Waals surface area contributed by atoms with Crippen molar-refractivity contribution in [3.63, 3.8) is 0 Å². The molecule has 0 radical (unpaired) electrons. The van der Waals surface area contributed by atoms with E-state index in [1.54, 1.807) is 0 Å². The minimum absolute atomic E-state index is 0.0721. The molecule has 0 saturated carbocycles. The van der Waals surface area contributed by atoms with Crippen LogP contribution in [0.1, 0.15) is 83.4 Å². The zero-order valence-electron chi connectivity index (χ0n) is 18.6. The van der Waals surface area contributed by atoms with Crippen molar-refractivity contribution in [3.05, 3.63) is 59.2 Å². The van der Waals surface area contributed by atoms with E-state index in [-0.39, 0.29) is 25.8 Å². The number of rotatable bonds is 6. The molecule has 3 rings (SSSR count). The monoisotopic (exact) mass is 454 g/mol. The fraction of sp³-hybridized carbons (Fsp3) is 0.481. The molecule has 154 valence electrons. The first-order chi connectivity index (χ1) is 13.8. The second-order valence-electron chi connectivity index (χ2n) is 9.36. The third-order valence-electron chi connectivity index (χ3n) is 6.05. The summed E-state index contributed by atoms with van der Waals surface area (Å²) in [5.74, 6) is 4.40. The fourth-order valence-electron chi connectivity index (χ4n) is 3.96. The van der Waals surface area contributed by atoms with Crippen molar-refractivity contribution in [2.24, 2.45) is 0 Å². The Balaban J connectivity index is 1.95. The molecule has 0 atom stereocenters. The molecule has 2 aromatic rings. The summed E-state index contributed by atoms with van der Waals surface area (Å²) in [6.45, 7) is 12.6. The van der Waals surface area contributed by atoms with Crippen molar-refractivity contribution in [3.8, 4) is 16.5 Å². The first-order valence-corrected chi connectivity index (χ1v) is 12.6. The Labute approximate surface area is 183 Å². The Bertz CT molecular complexity index is 884. The summed E-state index contributed by atoms with van der Waals surface area (Å²) in [7, 11) is 0. The minimum atomic E-state index is 0.0721. The van der Waals surface area contributed by atoms with Crippen molar-refractivity contribution < 1.29 is 4.74 Å². The van der Waals surface area contributed by atoms with E-state index in [0.29, 0.717) is 0 Å². The van der Waals surface area contributed by atoms with Gasteiger partial charge in [-0.15, -0.1) is 0 Å². The van der Waals surface area contributed by atoms with Gasteiger partial charge in [0.25, 0.3) is 0 Å². The number of benzene rings is 2. The summed E-state index contributed by atoms with van der Waals surface area (Å²) in [5.41, 5.74) is 4.46. The molecule has 0 saturated heterocycles. The van der Waals surface area contributed by atoms with Crippen LogP contribution in [0.15, 0.2) is 42.5 Å². The molecule has 0 N–H and O–H groups in total. The maximum absolute atomic E-state index is 6.32. The van der Waals surface area contributed by atoms with Gasteiger partial charge in [-0.05, 0) is 0 Å². The van der Waals surface area contributed by atoms with Gasteiger partial charge >= 0.3 is 184 Å². The van der Waals surface area contributed by atoms with Crippen LogP contribution in [0.3, 0.4) is 0 Å². The summed E-state index contributed by atoms with van der Waals surface area (Å²) in [5, 5.41) is 0. The normalized spacial score (nSPS) is 16.4. The standard InChI is InChI=1S/C27H34OSe/c1-6-7-11-17-28-24-19-22-23(27(4,5)16-15-26(22,2)3)20-25(24)29-18-14-21-12-9-8-10-13-21/h8-10,12-13,19-20H,6-7,11,15-17H2,1-5H3. The number of hydrogen-bond donors (Lipinski definition) is 0. The van der Waals surface area contributed by atoms with Gasteiger partial charge in [0.05, 0.1) is 0 Å². The van der Waals surface area contributed by atoms with Crippen LogP contribution in [0.2, 0.25) is 0 Å². The molecular formula is C27H34OSe. The second-order valence-corrected chi connectivity index (χ2v) is 11.1. The average Bonchev–Trinajstić information content (AvgIpc) is 2.70. The summed E-state index contributed by atoms with van der Waals surface area (Å²) in [4.78, 5) is 3.45. The number of unbranched alkanes of at least 4 members (excludes halogenated alkanes) is 2. The Kier molecular flexibility index (Phi) is 7.15. The third-order valence-corrected chi connectivity index (χ3v) is 7.61. The number of ether oxygens (including phenoxy) is 1. The van der Waals surface area contributed by atoms with E-state index in [9.17, 15) is 0 Å². The van der Waals surface area contributed by atoms with Crippen LogP contribution in [0.5, 0.6) is 5.75 Å².